The first-order valence-corrected chi connectivity index (χ1v) is 7.41. The minimum atomic E-state index is 0.342. The molecule has 110 valence electrons. The number of hydrogen-bond donors (Lipinski definition) is 0. The fraction of sp³-hybridized carbons (Fsp3) is 0.929. The summed E-state index contributed by atoms with van der Waals surface area (Å²) in [4.78, 5) is 21.3. The van der Waals surface area contributed by atoms with Gasteiger partial charge in [-0.1, -0.05) is 0 Å². The number of carbonyl (C=O) groups excluding carboxylic acids is 1. The zero-order chi connectivity index (χ0) is 13.8. The average Bonchev–Trinajstić information content (AvgIpc) is 2.40. The molecule has 1 amide bonds. The van der Waals surface area contributed by atoms with Crippen LogP contribution in [0.3, 0.4) is 0 Å². The van der Waals surface area contributed by atoms with Crippen molar-refractivity contribution in [3.63, 3.8) is 0 Å². The van der Waals surface area contributed by atoms with Crippen molar-refractivity contribution in [3.8, 4) is 0 Å². The predicted molar refractivity (Wildman–Crippen MR) is 77.2 cm³/mol. The number of carbonyl (C=O) groups is 1. The number of nitrogens with zero attached hydrogens (tertiary/aromatic N) is 4. The molecule has 2 rings (SSSR count). The SMILES string of the molecule is CN1CCN(C(=O)CCC2CN(C)CCN2C)CC1. The van der Waals surface area contributed by atoms with Crippen LogP contribution in [0, 0.1) is 0 Å². The van der Waals surface area contributed by atoms with E-state index in [0.29, 0.717) is 18.4 Å². The number of piperazine rings is 2. The van der Waals surface area contributed by atoms with E-state index in [0.717, 1.165) is 52.2 Å². The maximum Gasteiger partial charge on any atom is 0.222 e. The van der Waals surface area contributed by atoms with Crippen LogP contribution in [0.2, 0.25) is 0 Å². The van der Waals surface area contributed by atoms with Crippen LogP contribution in [0.1, 0.15) is 12.8 Å². The number of hydrogen-bond acceptors (Lipinski definition) is 4. The Morgan fingerprint density at radius 1 is 0.947 bits per heavy atom. The molecule has 0 spiro atoms. The van der Waals surface area contributed by atoms with E-state index >= 15 is 0 Å². The molecular weight excluding hydrogens is 240 g/mol. The van der Waals surface area contributed by atoms with Crippen molar-refractivity contribution in [1.82, 2.24) is 19.6 Å². The van der Waals surface area contributed by atoms with Crippen LogP contribution < -0.4 is 0 Å². The topological polar surface area (TPSA) is 30.0 Å². The summed E-state index contributed by atoms with van der Waals surface area (Å²) >= 11 is 0. The van der Waals surface area contributed by atoms with Crippen LogP contribution in [0.15, 0.2) is 0 Å². The van der Waals surface area contributed by atoms with Crippen LogP contribution in [0.5, 0.6) is 0 Å². The fourth-order valence-electron chi connectivity index (χ4n) is 2.92. The van der Waals surface area contributed by atoms with E-state index < -0.39 is 0 Å². The molecule has 0 radical (unpaired) electrons. The maximum atomic E-state index is 12.2. The molecule has 1 atom stereocenters. The molecule has 0 aliphatic carbocycles. The highest BCUT2D eigenvalue weighted by molar-refractivity contribution is 5.76. The Morgan fingerprint density at radius 2 is 1.58 bits per heavy atom. The van der Waals surface area contributed by atoms with E-state index in [1.54, 1.807) is 0 Å². The lowest BCUT2D eigenvalue weighted by molar-refractivity contribution is -0.133. The molecule has 2 heterocycles. The van der Waals surface area contributed by atoms with Gasteiger partial charge >= 0.3 is 0 Å². The third kappa shape index (κ3) is 4.16. The number of rotatable bonds is 3. The summed E-state index contributed by atoms with van der Waals surface area (Å²) in [6.45, 7) is 7.16. The molecule has 5 nitrogen and oxygen atoms in total. The Kier molecular flexibility index (Phi) is 5.19. The molecule has 19 heavy (non-hydrogen) atoms. The van der Waals surface area contributed by atoms with Gasteiger partial charge < -0.3 is 19.6 Å². The zero-order valence-corrected chi connectivity index (χ0v) is 12.6. The van der Waals surface area contributed by atoms with Crippen molar-refractivity contribution in [2.45, 2.75) is 18.9 Å². The van der Waals surface area contributed by atoms with Crippen molar-refractivity contribution >= 4 is 5.91 Å². The molecule has 0 aromatic rings. The lowest BCUT2D eigenvalue weighted by atomic mass is 10.1. The molecule has 0 bridgehead atoms. The van der Waals surface area contributed by atoms with Gasteiger partial charge in [-0.25, -0.2) is 0 Å². The van der Waals surface area contributed by atoms with Crippen LogP contribution in [0.25, 0.3) is 0 Å². The molecule has 0 aromatic heterocycles. The first-order valence-electron chi connectivity index (χ1n) is 7.41. The Bertz CT molecular complexity index is 302. The summed E-state index contributed by atoms with van der Waals surface area (Å²) < 4.78 is 0. The Balaban J connectivity index is 1.73. The molecule has 2 fully saturated rings. The van der Waals surface area contributed by atoms with Gasteiger partial charge in [0.2, 0.25) is 5.91 Å². The second kappa shape index (κ2) is 6.68. The predicted octanol–water partition coefficient (Wildman–Crippen LogP) is -0.214. The zero-order valence-electron chi connectivity index (χ0n) is 12.6. The Morgan fingerprint density at radius 3 is 2.26 bits per heavy atom. The van der Waals surface area contributed by atoms with E-state index in [1.807, 2.05) is 4.90 Å². The third-order valence-corrected chi connectivity index (χ3v) is 4.53. The fourth-order valence-corrected chi connectivity index (χ4v) is 2.92. The highest BCUT2D eigenvalue weighted by Crippen LogP contribution is 2.13. The standard InChI is InChI=1S/C14H28N4O/c1-15-7-10-18(11-8-15)14(19)5-4-13-12-16(2)6-9-17(13)3/h13H,4-12H2,1-3H3. The van der Waals surface area contributed by atoms with Crippen LogP contribution >= 0.6 is 0 Å². The van der Waals surface area contributed by atoms with Gasteiger partial charge in [0.25, 0.3) is 0 Å². The molecule has 1 unspecified atom stereocenters. The van der Waals surface area contributed by atoms with Crippen LogP contribution in [0.4, 0.5) is 0 Å². The highest BCUT2D eigenvalue weighted by atomic mass is 16.2. The van der Waals surface area contributed by atoms with Gasteiger partial charge in [-0.2, -0.15) is 0 Å². The minimum Gasteiger partial charge on any atom is -0.340 e. The van der Waals surface area contributed by atoms with Gasteiger partial charge in [-0.05, 0) is 27.6 Å². The average molecular weight is 268 g/mol. The van der Waals surface area contributed by atoms with E-state index in [-0.39, 0.29) is 0 Å². The molecule has 0 saturated carbocycles. The monoisotopic (exact) mass is 268 g/mol. The highest BCUT2D eigenvalue weighted by Gasteiger charge is 2.24. The molecular formula is C14H28N4O. The normalized spacial score (nSPS) is 27.7. The van der Waals surface area contributed by atoms with E-state index in [4.69, 9.17) is 0 Å². The quantitative estimate of drug-likeness (QED) is 0.708. The third-order valence-electron chi connectivity index (χ3n) is 4.53. The molecule has 5 heteroatoms. The summed E-state index contributed by atoms with van der Waals surface area (Å²) in [6.07, 6.45) is 1.69. The first kappa shape index (κ1) is 14.8. The van der Waals surface area contributed by atoms with Gasteiger partial charge in [0.1, 0.15) is 0 Å². The summed E-state index contributed by atoms with van der Waals surface area (Å²) in [5, 5.41) is 0. The summed E-state index contributed by atoms with van der Waals surface area (Å²) in [7, 11) is 6.47. The summed E-state index contributed by atoms with van der Waals surface area (Å²) in [5.74, 6) is 0.342. The van der Waals surface area contributed by atoms with Gasteiger partial charge in [0.05, 0.1) is 0 Å². The molecule has 0 N–H and O–H groups in total. The lowest BCUT2D eigenvalue weighted by Crippen LogP contribution is -2.51. The second-order valence-electron chi connectivity index (χ2n) is 6.12. The van der Waals surface area contributed by atoms with Gasteiger partial charge in [-0.3, -0.25) is 4.79 Å². The second-order valence-corrected chi connectivity index (χ2v) is 6.12. The molecule has 2 saturated heterocycles. The molecule has 0 aromatic carbocycles. The maximum absolute atomic E-state index is 12.2. The largest absolute Gasteiger partial charge is 0.340 e. The minimum absolute atomic E-state index is 0.342. The Hall–Kier alpha value is -0.650. The van der Waals surface area contributed by atoms with Gasteiger partial charge in [0, 0.05) is 58.3 Å². The van der Waals surface area contributed by atoms with Gasteiger partial charge in [-0.15, -0.1) is 0 Å². The van der Waals surface area contributed by atoms with Crippen LogP contribution in [-0.2, 0) is 4.79 Å². The van der Waals surface area contributed by atoms with Crippen molar-refractivity contribution in [3.05, 3.63) is 0 Å². The van der Waals surface area contributed by atoms with E-state index in [2.05, 4.69) is 35.8 Å². The van der Waals surface area contributed by atoms with Crippen molar-refractivity contribution < 1.29 is 4.79 Å². The number of likely N-dealkylation sites (N-methyl/N-ethyl adjacent to an activating group) is 3. The van der Waals surface area contributed by atoms with Crippen molar-refractivity contribution in [1.29, 1.82) is 0 Å². The van der Waals surface area contributed by atoms with Crippen LogP contribution in [-0.4, -0.2) is 98.5 Å². The smallest absolute Gasteiger partial charge is 0.222 e. The van der Waals surface area contributed by atoms with Crippen molar-refractivity contribution in [2.75, 3.05) is 67.0 Å². The van der Waals surface area contributed by atoms with E-state index in [1.165, 1.54) is 0 Å². The molecule has 2 aliphatic rings. The van der Waals surface area contributed by atoms with E-state index in [9.17, 15) is 4.79 Å². The number of amides is 1. The Labute approximate surface area is 117 Å². The van der Waals surface area contributed by atoms with Crippen molar-refractivity contribution in [2.24, 2.45) is 0 Å². The summed E-state index contributed by atoms with van der Waals surface area (Å²) in [6, 6.07) is 0.537. The lowest BCUT2D eigenvalue weighted by Gasteiger charge is -2.38. The van der Waals surface area contributed by atoms with Gasteiger partial charge in [0.15, 0.2) is 0 Å². The first-order chi connectivity index (χ1) is 9.06. The molecule has 2 aliphatic heterocycles. The summed E-state index contributed by atoms with van der Waals surface area (Å²) in [5.41, 5.74) is 0.